The van der Waals surface area contributed by atoms with E-state index < -0.39 is 8.07 Å². The molecule has 0 fully saturated rings. The minimum absolute atomic E-state index is 0.271. The Hall–Kier alpha value is -1.45. The van der Waals surface area contributed by atoms with E-state index in [9.17, 15) is 0 Å². The van der Waals surface area contributed by atoms with Crippen molar-refractivity contribution in [1.82, 2.24) is 10.3 Å². The summed E-state index contributed by atoms with van der Waals surface area (Å²) in [5.41, 5.74) is 2.42. The second-order valence-electron chi connectivity index (χ2n) is 6.30. The van der Waals surface area contributed by atoms with Gasteiger partial charge in [-0.1, -0.05) is 55.2 Å². The lowest BCUT2D eigenvalue weighted by molar-refractivity contribution is 0.561. The lowest BCUT2D eigenvalue weighted by Gasteiger charge is -2.17. The zero-order valence-corrected chi connectivity index (χ0v) is 13.9. The van der Waals surface area contributed by atoms with Gasteiger partial charge in [0.1, 0.15) is 0 Å². The summed E-state index contributed by atoms with van der Waals surface area (Å²) < 4.78 is 0. The lowest BCUT2D eigenvalue weighted by Crippen LogP contribution is -2.37. The zero-order valence-electron chi connectivity index (χ0n) is 12.9. The summed E-state index contributed by atoms with van der Waals surface area (Å²) in [6, 6.07) is 15.4. The van der Waals surface area contributed by atoms with Crippen molar-refractivity contribution >= 4 is 13.3 Å². The van der Waals surface area contributed by atoms with Crippen molar-refractivity contribution in [1.29, 1.82) is 0 Å². The topological polar surface area (TPSA) is 24.9 Å². The number of aromatic nitrogens is 1. The highest BCUT2D eigenvalue weighted by atomic mass is 28.3. The number of nitrogens with zero attached hydrogens (tertiary/aromatic N) is 1. The molecule has 0 aliphatic carbocycles. The molecule has 0 saturated heterocycles. The van der Waals surface area contributed by atoms with Gasteiger partial charge in [0.15, 0.2) is 0 Å². The zero-order chi connectivity index (χ0) is 14.6. The minimum atomic E-state index is -1.18. The summed E-state index contributed by atoms with van der Waals surface area (Å²) >= 11 is 0. The van der Waals surface area contributed by atoms with Crippen molar-refractivity contribution in [2.45, 2.75) is 39.2 Å². The van der Waals surface area contributed by atoms with E-state index >= 15 is 0 Å². The Morgan fingerprint density at radius 2 is 1.75 bits per heavy atom. The van der Waals surface area contributed by atoms with Gasteiger partial charge >= 0.3 is 0 Å². The van der Waals surface area contributed by atoms with Crippen LogP contribution in [0.1, 0.15) is 24.2 Å². The summed E-state index contributed by atoms with van der Waals surface area (Å²) in [6.07, 6.45) is 1.84. The molecule has 1 N–H and O–H groups in total. The van der Waals surface area contributed by atoms with Crippen LogP contribution in [0.3, 0.4) is 0 Å². The maximum absolute atomic E-state index is 4.38. The van der Waals surface area contributed by atoms with E-state index in [0.29, 0.717) is 0 Å². The van der Waals surface area contributed by atoms with Gasteiger partial charge in [0, 0.05) is 18.8 Å². The van der Waals surface area contributed by atoms with Gasteiger partial charge in [-0.15, -0.1) is 0 Å². The van der Waals surface area contributed by atoms with Crippen molar-refractivity contribution in [2.75, 3.05) is 0 Å². The second kappa shape index (κ2) is 6.33. The predicted molar refractivity (Wildman–Crippen MR) is 88.9 cm³/mol. The van der Waals surface area contributed by atoms with E-state index in [-0.39, 0.29) is 6.04 Å². The Morgan fingerprint density at radius 1 is 1.05 bits per heavy atom. The molecule has 1 aromatic heterocycles. The Balaban J connectivity index is 1.94. The van der Waals surface area contributed by atoms with Crippen LogP contribution in [-0.4, -0.2) is 13.1 Å². The molecular formula is C17H24N2Si. The van der Waals surface area contributed by atoms with E-state index in [0.717, 1.165) is 12.2 Å². The fourth-order valence-electron chi connectivity index (χ4n) is 2.13. The van der Waals surface area contributed by atoms with E-state index in [4.69, 9.17) is 0 Å². The number of hydrogen-bond donors (Lipinski definition) is 1. The van der Waals surface area contributed by atoms with Crippen LogP contribution in [0.2, 0.25) is 19.6 Å². The van der Waals surface area contributed by atoms with Crippen LogP contribution in [0.25, 0.3) is 0 Å². The van der Waals surface area contributed by atoms with Crippen LogP contribution in [0.4, 0.5) is 0 Å². The third kappa shape index (κ3) is 4.02. The molecule has 0 aliphatic heterocycles. The molecule has 0 saturated carbocycles. The molecule has 0 radical (unpaired) electrons. The molecule has 0 amide bonds. The highest BCUT2D eigenvalue weighted by Crippen LogP contribution is 2.10. The van der Waals surface area contributed by atoms with Crippen LogP contribution in [-0.2, 0) is 6.54 Å². The van der Waals surface area contributed by atoms with Gasteiger partial charge in [0.2, 0.25) is 0 Å². The van der Waals surface area contributed by atoms with Crippen molar-refractivity contribution < 1.29 is 0 Å². The molecular weight excluding hydrogens is 260 g/mol. The molecule has 2 nitrogen and oxygen atoms in total. The lowest BCUT2D eigenvalue weighted by atomic mass is 10.2. The molecule has 0 bridgehead atoms. The first kappa shape index (κ1) is 14.9. The maximum Gasteiger partial charge on any atom is 0.0775 e. The first-order valence-corrected chi connectivity index (χ1v) is 10.7. The number of pyridine rings is 1. The summed E-state index contributed by atoms with van der Waals surface area (Å²) in [5.74, 6) is 0. The molecule has 0 unspecified atom stereocenters. The second-order valence-corrected chi connectivity index (χ2v) is 11.4. The minimum Gasteiger partial charge on any atom is -0.305 e. The van der Waals surface area contributed by atoms with Gasteiger partial charge in [-0.2, -0.15) is 0 Å². The van der Waals surface area contributed by atoms with E-state index in [2.05, 4.69) is 67.2 Å². The molecule has 0 aliphatic rings. The molecule has 106 valence electrons. The third-order valence-electron chi connectivity index (χ3n) is 3.56. The van der Waals surface area contributed by atoms with Crippen molar-refractivity contribution in [3.63, 3.8) is 0 Å². The van der Waals surface area contributed by atoms with Crippen molar-refractivity contribution in [3.8, 4) is 0 Å². The highest BCUT2D eigenvalue weighted by molar-refractivity contribution is 6.88. The van der Waals surface area contributed by atoms with Gasteiger partial charge < -0.3 is 5.32 Å². The van der Waals surface area contributed by atoms with Crippen molar-refractivity contribution in [2.24, 2.45) is 0 Å². The Morgan fingerprint density at radius 3 is 2.30 bits per heavy atom. The van der Waals surface area contributed by atoms with Crippen LogP contribution in [0.5, 0.6) is 0 Å². The molecule has 2 rings (SSSR count). The summed E-state index contributed by atoms with van der Waals surface area (Å²) in [4.78, 5) is 4.38. The monoisotopic (exact) mass is 284 g/mol. The van der Waals surface area contributed by atoms with E-state index in [1.807, 2.05) is 18.3 Å². The average Bonchev–Trinajstić information content (AvgIpc) is 2.45. The number of nitrogens with one attached hydrogen (secondary N) is 1. The SMILES string of the molecule is C[C@@H](NCc1ccc([Si](C)(C)C)cc1)c1ccccn1. The summed E-state index contributed by atoms with van der Waals surface area (Å²) in [5, 5.41) is 5.04. The normalized spacial score (nSPS) is 13.2. The van der Waals surface area contributed by atoms with Gasteiger partial charge in [0.25, 0.3) is 0 Å². The fourth-order valence-corrected chi connectivity index (χ4v) is 3.30. The predicted octanol–water partition coefficient (Wildman–Crippen LogP) is 3.48. The molecule has 0 spiro atoms. The molecule has 2 aromatic rings. The molecule has 1 aromatic carbocycles. The standard InChI is InChI=1S/C17H24N2Si/c1-14(17-7-5-6-12-18-17)19-13-15-8-10-16(11-9-15)20(2,3)4/h5-12,14,19H,13H2,1-4H3/t14-/m1/s1. The number of benzene rings is 1. The van der Waals surface area contributed by atoms with Crippen molar-refractivity contribution in [3.05, 3.63) is 59.9 Å². The highest BCUT2D eigenvalue weighted by Gasteiger charge is 2.15. The van der Waals surface area contributed by atoms with Crippen LogP contribution < -0.4 is 10.5 Å². The Bertz CT molecular complexity index is 529. The first-order chi connectivity index (χ1) is 9.47. The molecule has 1 atom stereocenters. The van der Waals surface area contributed by atoms with E-state index in [1.165, 1.54) is 10.8 Å². The van der Waals surface area contributed by atoms with Gasteiger partial charge in [-0.25, -0.2) is 0 Å². The smallest absolute Gasteiger partial charge is 0.0775 e. The van der Waals surface area contributed by atoms with Crippen LogP contribution >= 0.6 is 0 Å². The van der Waals surface area contributed by atoms with Gasteiger partial charge in [0.05, 0.1) is 13.8 Å². The van der Waals surface area contributed by atoms with Gasteiger partial charge in [-0.3, -0.25) is 4.98 Å². The van der Waals surface area contributed by atoms with Crippen LogP contribution in [0.15, 0.2) is 48.7 Å². The largest absolute Gasteiger partial charge is 0.305 e. The quantitative estimate of drug-likeness (QED) is 0.850. The fraction of sp³-hybridized carbons (Fsp3) is 0.353. The van der Waals surface area contributed by atoms with E-state index in [1.54, 1.807) is 0 Å². The number of hydrogen-bond acceptors (Lipinski definition) is 2. The maximum atomic E-state index is 4.38. The average molecular weight is 284 g/mol. The van der Waals surface area contributed by atoms with Crippen LogP contribution in [0, 0.1) is 0 Å². The molecule has 1 heterocycles. The molecule has 3 heteroatoms. The third-order valence-corrected chi connectivity index (χ3v) is 5.63. The number of rotatable bonds is 5. The Kier molecular flexibility index (Phi) is 4.73. The summed E-state index contributed by atoms with van der Waals surface area (Å²) in [6.45, 7) is 10.2. The Labute approximate surface area is 123 Å². The molecule has 20 heavy (non-hydrogen) atoms. The first-order valence-electron chi connectivity index (χ1n) is 7.20. The summed E-state index contributed by atoms with van der Waals surface area (Å²) in [7, 11) is -1.18. The van der Waals surface area contributed by atoms with Gasteiger partial charge in [-0.05, 0) is 24.6 Å².